The molecule has 7 heteroatoms. The lowest BCUT2D eigenvalue weighted by molar-refractivity contribution is -0.140. The number of carboxylic acids is 1. The van der Waals surface area contributed by atoms with Gasteiger partial charge in [-0.15, -0.1) is 0 Å². The Hall–Kier alpha value is -1.30. The highest BCUT2D eigenvalue weighted by Gasteiger charge is 2.21. The smallest absolute Gasteiger partial charge is 0.326 e. The van der Waals surface area contributed by atoms with Gasteiger partial charge in [-0.25, -0.2) is 9.78 Å². The normalized spacial score (nSPS) is 12.8. The molecule has 2 aromatic rings. The fraction of sp³-hybridized carbons (Fsp3) is 0.333. The molecule has 1 atom stereocenters. The third kappa shape index (κ3) is 2.54. The van der Waals surface area contributed by atoms with Crippen LogP contribution in [-0.4, -0.2) is 27.7 Å². The van der Waals surface area contributed by atoms with Crippen LogP contribution in [0.25, 0.3) is 11.0 Å². The van der Waals surface area contributed by atoms with E-state index in [0.717, 1.165) is 0 Å². The van der Waals surface area contributed by atoms with Gasteiger partial charge in [0, 0.05) is 7.11 Å². The number of nitrogens with zero attached hydrogens (tertiary/aromatic N) is 2. The maximum Gasteiger partial charge on any atom is 0.326 e. The number of aliphatic carboxylic acids is 1. The first-order chi connectivity index (χ1) is 8.95. The molecule has 1 unspecified atom stereocenters. The van der Waals surface area contributed by atoms with Gasteiger partial charge in [-0.1, -0.05) is 23.2 Å². The predicted octanol–water partition coefficient (Wildman–Crippen LogP) is 3.14. The Kier molecular flexibility index (Phi) is 3.99. The fourth-order valence-electron chi connectivity index (χ4n) is 1.91. The molecule has 102 valence electrons. The van der Waals surface area contributed by atoms with E-state index >= 15 is 0 Å². The first kappa shape index (κ1) is 14.1. The fourth-order valence-corrected chi connectivity index (χ4v) is 2.23. The van der Waals surface area contributed by atoms with Gasteiger partial charge in [0.05, 0.1) is 21.1 Å². The molecule has 0 bridgehead atoms. The molecular formula is C12H12Cl2N2O3. The number of imidazole rings is 1. The molecule has 0 saturated carbocycles. The maximum atomic E-state index is 11.2. The van der Waals surface area contributed by atoms with Gasteiger partial charge in [0.2, 0.25) is 0 Å². The first-order valence-electron chi connectivity index (χ1n) is 5.53. The summed E-state index contributed by atoms with van der Waals surface area (Å²) in [5, 5.41) is 9.92. The average molecular weight is 303 g/mol. The van der Waals surface area contributed by atoms with Crippen molar-refractivity contribution in [3.05, 3.63) is 28.0 Å². The number of benzene rings is 1. The lowest BCUT2D eigenvalue weighted by atomic mass is 10.2. The number of carboxylic acid groups (broad SMARTS) is 1. The third-order valence-corrected chi connectivity index (χ3v) is 3.54. The van der Waals surface area contributed by atoms with Crippen LogP contribution in [0.15, 0.2) is 12.1 Å². The Bertz CT molecular complexity index is 639. The quantitative estimate of drug-likeness (QED) is 0.942. The molecule has 1 heterocycles. The van der Waals surface area contributed by atoms with Gasteiger partial charge >= 0.3 is 5.97 Å². The van der Waals surface area contributed by atoms with E-state index in [1.165, 1.54) is 7.11 Å². The molecule has 0 fully saturated rings. The van der Waals surface area contributed by atoms with Crippen molar-refractivity contribution in [2.45, 2.75) is 19.6 Å². The lowest BCUT2D eigenvalue weighted by Crippen LogP contribution is -2.18. The molecule has 0 amide bonds. The van der Waals surface area contributed by atoms with Crippen LogP contribution in [0.4, 0.5) is 0 Å². The number of aromatic nitrogens is 2. The van der Waals surface area contributed by atoms with Crippen LogP contribution < -0.4 is 0 Å². The summed E-state index contributed by atoms with van der Waals surface area (Å²) < 4.78 is 6.63. The Morgan fingerprint density at radius 1 is 1.47 bits per heavy atom. The minimum atomic E-state index is -0.956. The van der Waals surface area contributed by atoms with Gasteiger partial charge in [0.1, 0.15) is 18.5 Å². The van der Waals surface area contributed by atoms with Crippen molar-refractivity contribution in [1.82, 2.24) is 9.55 Å². The number of ether oxygens (including phenoxy) is 1. The molecule has 2 rings (SSSR count). The third-order valence-electron chi connectivity index (χ3n) is 2.82. The number of halogens is 2. The lowest BCUT2D eigenvalue weighted by Gasteiger charge is -2.13. The minimum Gasteiger partial charge on any atom is -0.480 e. The highest BCUT2D eigenvalue weighted by Crippen LogP contribution is 2.30. The minimum absolute atomic E-state index is 0.210. The van der Waals surface area contributed by atoms with Crippen molar-refractivity contribution < 1.29 is 14.6 Å². The van der Waals surface area contributed by atoms with E-state index in [4.69, 9.17) is 27.9 Å². The monoisotopic (exact) mass is 302 g/mol. The average Bonchev–Trinajstić information content (AvgIpc) is 2.66. The summed E-state index contributed by atoms with van der Waals surface area (Å²) in [5.41, 5.74) is 1.21. The number of methoxy groups -OCH3 is 1. The second-order valence-electron chi connectivity index (χ2n) is 4.10. The molecule has 0 saturated heterocycles. The van der Waals surface area contributed by atoms with Crippen LogP contribution in [0.3, 0.4) is 0 Å². The van der Waals surface area contributed by atoms with Crippen LogP contribution in [0, 0.1) is 0 Å². The number of carbonyl (C=O) groups is 1. The number of hydrogen-bond acceptors (Lipinski definition) is 3. The van der Waals surface area contributed by atoms with Gasteiger partial charge in [-0.3, -0.25) is 0 Å². The highest BCUT2D eigenvalue weighted by molar-refractivity contribution is 6.42. The zero-order chi connectivity index (χ0) is 14.2. The topological polar surface area (TPSA) is 64.4 Å². The standard InChI is InChI=1S/C12H12Cl2N2O3/c1-6(12(17)18)16-10-4-8(14)7(13)3-9(10)15-11(16)5-19-2/h3-4,6H,5H2,1-2H3,(H,17,18). The summed E-state index contributed by atoms with van der Waals surface area (Å²) in [7, 11) is 1.52. The molecule has 0 aliphatic carbocycles. The van der Waals surface area contributed by atoms with Crippen LogP contribution in [0.2, 0.25) is 10.0 Å². The summed E-state index contributed by atoms with van der Waals surface area (Å²) in [6.07, 6.45) is 0. The molecule has 0 aliphatic heterocycles. The molecule has 1 N–H and O–H groups in total. The molecular weight excluding hydrogens is 291 g/mol. The Balaban J connectivity index is 2.72. The van der Waals surface area contributed by atoms with E-state index in [2.05, 4.69) is 4.98 Å². The Morgan fingerprint density at radius 3 is 2.68 bits per heavy atom. The molecule has 5 nitrogen and oxygen atoms in total. The summed E-state index contributed by atoms with van der Waals surface area (Å²) in [6, 6.07) is 2.46. The van der Waals surface area contributed by atoms with E-state index in [-0.39, 0.29) is 6.61 Å². The summed E-state index contributed by atoms with van der Waals surface area (Å²) in [6.45, 7) is 1.78. The number of rotatable bonds is 4. The predicted molar refractivity (Wildman–Crippen MR) is 72.8 cm³/mol. The van der Waals surface area contributed by atoms with Gasteiger partial charge in [-0.05, 0) is 19.1 Å². The summed E-state index contributed by atoms with van der Waals surface area (Å²) in [4.78, 5) is 15.5. The Labute approximate surface area is 119 Å². The Morgan fingerprint density at radius 2 is 2.11 bits per heavy atom. The van der Waals surface area contributed by atoms with Gasteiger partial charge in [-0.2, -0.15) is 0 Å². The van der Waals surface area contributed by atoms with Crippen molar-refractivity contribution in [3.8, 4) is 0 Å². The molecule has 0 aliphatic rings. The maximum absolute atomic E-state index is 11.2. The number of hydrogen-bond donors (Lipinski definition) is 1. The zero-order valence-corrected chi connectivity index (χ0v) is 11.9. The van der Waals surface area contributed by atoms with Crippen molar-refractivity contribution in [1.29, 1.82) is 0 Å². The molecule has 1 aromatic heterocycles. The van der Waals surface area contributed by atoms with Crippen molar-refractivity contribution >= 4 is 40.2 Å². The summed E-state index contributed by atoms with van der Waals surface area (Å²) in [5.74, 6) is -0.437. The highest BCUT2D eigenvalue weighted by atomic mass is 35.5. The largest absolute Gasteiger partial charge is 0.480 e. The molecule has 1 aromatic carbocycles. The zero-order valence-electron chi connectivity index (χ0n) is 10.4. The van der Waals surface area contributed by atoms with Crippen molar-refractivity contribution in [2.75, 3.05) is 7.11 Å². The van der Waals surface area contributed by atoms with E-state index in [1.54, 1.807) is 23.6 Å². The van der Waals surface area contributed by atoms with Gasteiger partial charge < -0.3 is 14.4 Å². The van der Waals surface area contributed by atoms with Crippen LogP contribution in [0.5, 0.6) is 0 Å². The van der Waals surface area contributed by atoms with E-state index < -0.39 is 12.0 Å². The van der Waals surface area contributed by atoms with Gasteiger partial charge in [0.25, 0.3) is 0 Å². The van der Waals surface area contributed by atoms with Crippen LogP contribution in [-0.2, 0) is 16.1 Å². The van der Waals surface area contributed by atoms with Crippen LogP contribution >= 0.6 is 23.2 Å². The van der Waals surface area contributed by atoms with Crippen molar-refractivity contribution in [2.24, 2.45) is 0 Å². The van der Waals surface area contributed by atoms with E-state index in [1.807, 2.05) is 0 Å². The van der Waals surface area contributed by atoms with E-state index in [9.17, 15) is 9.90 Å². The molecule has 0 radical (unpaired) electrons. The molecule has 0 spiro atoms. The van der Waals surface area contributed by atoms with Gasteiger partial charge in [0.15, 0.2) is 0 Å². The second-order valence-corrected chi connectivity index (χ2v) is 4.91. The van der Waals surface area contributed by atoms with Crippen molar-refractivity contribution in [3.63, 3.8) is 0 Å². The number of fused-ring (bicyclic) bond motifs is 1. The van der Waals surface area contributed by atoms with E-state index in [0.29, 0.717) is 26.9 Å². The SMILES string of the molecule is COCc1nc2cc(Cl)c(Cl)cc2n1C(C)C(=O)O. The first-order valence-corrected chi connectivity index (χ1v) is 6.29. The molecule has 19 heavy (non-hydrogen) atoms. The second kappa shape index (κ2) is 5.36. The van der Waals surface area contributed by atoms with Crippen LogP contribution in [0.1, 0.15) is 18.8 Å². The summed E-state index contributed by atoms with van der Waals surface area (Å²) >= 11 is 11.9.